The minimum Gasteiger partial charge on any atom is -0.207 e. The molecule has 8 aromatic rings. The molecule has 0 aliphatic heterocycles. The van der Waals surface area contributed by atoms with Crippen LogP contribution < -0.4 is 0 Å². The summed E-state index contributed by atoms with van der Waals surface area (Å²) < 4.78 is 537. The number of alkyl halides is 39. The van der Waals surface area contributed by atoms with E-state index < -0.39 is 194 Å². The zero-order chi connectivity index (χ0) is 87.1. The van der Waals surface area contributed by atoms with E-state index in [1.54, 1.807) is 26.0 Å². The molecule has 0 radical (unpaired) electrons. The molecular formula is C68H43F43. The highest BCUT2D eigenvalue weighted by Gasteiger charge is 2.60. The van der Waals surface area contributed by atoms with Crippen molar-refractivity contribution in [3.05, 3.63) is 268 Å². The molecule has 616 valence electrons. The van der Waals surface area contributed by atoms with Crippen molar-refractivity contribution in [2.75, 3.05) is 0 Å². The molecular weight excluding hydrogens is 1630 g/mol. The molecule has 0 bridgehead atoms. The fraction of sp³-hybridized carbons (Fsp3) is 0.294. The minimum atomic E-state index is -6.84. The monoisotopic (exact) mass is 1680 g/mol. The van der Waals surface area contributed by atoms with Gasteiger partial charge in [-0.15, -0.1) is 0 Å². The Morgan fingerprint density at radius 2 is 0.495 bits per heavy atom. The summed E-state index contributed by atoms with van der Waals surface area (Å²) in [5, 5.41) is 0. The third kappa shape index (κ3) is 28.5. The Labute approximate surface area is 595 Å². The van der Waals surface area contributed by atoms with Crippen molar-refractivity contribution in [3.8, 4) is 11.1 Å². The van der Waals surface area contributed by atoms with Crippen LogP contribution in [0.3, 0.4) is 0 Å². The number of benzene rings is 8. The third-order valence-electron chi connectivity index (χ3n) is 14.1. The Kier molecular flexibility index (Phi) is 31.0. The SMILES string of the molecule is Cc1c(C(F)(F)F)c(C(F)(F)F)c(C(F)(F)F)c(C(F)(F)F)c1C(F)(F)F.Cc1c(C(F)(F)F)cc(C(F)(F)F)cc1C(F)(F)F.Cc1c(C(F)(F)F)cccc1C(F)(F)F.Cc1c(F)cc(F)cc1F.Cc1cc(C(F)(F)F)cc(C(F)(F)F)c1.Cc1ccc(-c2ccccc2)cc1F.Cc1ccc(C(F)(F)F)cc1. The molecule has 111 heavy (non-hydrogen) atoms. The van der Waals surface area contributed by atoms with E-state index in [-0.39, 0.29) is 35.1 Å². The largest absolute Gasteiger partial charge is 0.417 e. The molecule has 43 heteroatoms. The number of hydrogen-bond donors (Lipinski definition) is 0. The fourth-order valence-electron chi connectivity index (χ4n) is 9.02. The maximum absolute atomic E-state index is 13.3. The van der Waals surface area contributed by atoms with Gasteiger partial charge in [0.15, 0.2) is 0 Å². The molecule has 0 unspecified atom stereocenters. The van der Waals surface area contributed by atoms with E-state index in [1.807, 2.05) is 36.4 Å². The lowest BCUT2D eigenvalue weighted by Crippen LogP contribution is -2.32. The first-order valence-electron chi connectivity index (χ1n) is 28.9. The summed E-state index contributed by atoms with van der Waals surface area (Å²) in [7, 11) is 0. The van der Waals surface area contributed by atoms with Crippen LogP contribution in [0.15, 0.2) is 133 Å². The number of halogens is 43. The van der Waals surface area contributed by atoms with Crippen molar-refractivity contribution >= 4 is 0 Å². The van der Waals surface area contributed by atoms with Crippen LogP contribution in [0, 0.1) is 71.7 Å². The highest BCUT2D eigenvalue weighted by Crippen LogP contribution is 2.57. The number of aryl methyl sites for hydroxylation is 3. The van der Waals surface area contributed by atoms with Gasteiger partial charge in [-0.25, -0.2) is 17.6 Å². The van der Waals surface area contributed by atoms with E-state index in [1.165, 1.54) is 26.0 Å². The van der Waals surface area contributed by atoms with Gasteiger partial charge in [-0.05, 0) is 148 Å². The Morgan fingerprint density at radius 3 is 0.793 bits per heavy atom. The molecule has 0 nitrogen and oxygen atoms in total. The van der Waals surface area contributed by atoms with Gasteiger partial charge in [0.25, 0.3) is 0 Å². The quantitative estimate of drug-likeness (QED) is 0.144. The molecule has 0 aliphatic carbocycles. The summed E-state index contributed by atoms with van der Waals surface area (Å²) in [5.74, 6) is -2.73. The van der Waals surface area contributed by atoms with Gasteiger partial charge in [0.05, 0.1) is 72.3 Å². The van der Waals surface area contributed by atoms with E-state index in [0.717, 1.165) is 41.8 Å². The summed E-state index contributed by atoms with van der Waals surface area (Å²) in [6.07, 6.45) is -72.3. The van der Waals surface area contributed by atoms with Crippen LogP contribution >= 0.6 is 0 Å². The standard InChI is InChI=1S/C13H11F.C12H3F15.C10H5F9.2C9H6F6.C8H7F3.C7H5F3/c1-10-7-8-12(9-13(10)14)11-5-3-2-4-6-11;1-2-3(8(13,14)15)5(10(19,20)21)7(12(25,26)27)6(11(22,23)24)4(2)9(16,17)18;1-4-6(9(14,15)16)2-5(8(11,12)13)3-7(4)10(17,18)19;1-5-2-6(8(10,11)12)4-7(3-5)9(13,14)15;1-5-6(8(10,11)12)3-2-4-7(5)9(13,14)15;1-6-2-4-7(5-3-6)8(9,10)11;1-4-6(9)2-5(8)3-7(4)10/h2-9H,1H3;1H3;2-3H,1H3;2*2-4H,1H3;2-5H,1H3;2-3H,1H3. The van der Waals surface area contributed by atoms with Crippen LogP contribution in [-0.4, -0.2) is 0 Å². The predicted octanol–water partition coefficient (Wildman–Crippen LogP) is 29.4. The summed E-state index contributed by atoms with van der Waals surface area (Å²) in [6, 6.07) is 24.3. The second-order valence-electron chi connectivity index (χ2n) is 22.4. The van der Waals surface area contributed by atoms with Crippen molar-refractivity contribution in [3.63, 3.8) is 0 Å². The molecule has 8 rings (SSSR count). The molecule has 0 N–H and O–H groups in total. The van der Waals surface area contributed by atoms with Gasteiger partial charge >= 0.3 is 80.3 Å². The fourth-order valence-corrected chi connectivity index (χ4v) is 9.02. The van der Waals surface area contributed by atoms with E-state index in [2.05, 4.69) is 0 Å². The Morgan fingerprint density at radius 1 is 0.189 bits per heavy atom. The van der Waals surface area contributed by atoms with Gasteiger partial charge in [0, 0.05) is 17.7 Å². The first-order valence-corrected chi connectivity index (χ1v) is 28.9. The van der Waals surface area contributed by atoms with Crippen LogP contribution in [-0.2, 0) is 80.3 Å². The molecule has 0 heterocycles. The molecule has 0 aliphatic rings. The molecule has 0 aromatic heterocycles. The highest BCUT2D eigenvalue weighted by atomic mass is 19.5. The topological polar surface area (TPSA) is 0 Å². The van der Waals surface area contributed by atoms with Gasteiger partial charge in [0.1, 0.15) is 23.3 Å². The van der Waals surface area contributed by atoms with Crippen LogP contribution in [0.1, 0.15) is 111 Å². The molecule has 0 spiro atoms. The van der Waals surface area contributed by atoms with Crippen LogP contribution in [0.4, 0.5) is 189 Å². The Balaban J connectivity index is 0.000000450. The maximum Gasteiger partial charge on any atom is 0.417 e. The average molecular weight is 1680 g/mol. The Bertz CT molecular complexity index is 4220. The summed E-state index contributed by atoms with van der Waals surface area (Å²) >= 11 is 0. The summed E-state index contributed by atoms with van der Waals surface area (Å²) in [6.45, 7) is 6.83. The van der Waals surface area contributed by atoms with Gasteiger partial charge in [0.2, 0.25) is 0 Å². The van der Waals surface area contributed by atoms with Crippen molar-refractivity contribution in [1.82, 2.24) is 0 Å². The van der Waals surface area contributed by atoms with Crippen LogP contribution in [0.5, 0.6) is 0 Å². The molecule has 0 fully saturated rings. The van der Waals surface area contributed by atoms with Gasteiger partial charge in [-0.2, -0.15) is 171 Å². The zero-order valence-electron chi connectivity index (χ0n) is 55.5. The van der Waals surface area contributed by atoms with E-state index in [9.17, 15) is 189 Å². The first kappa shape index (κ1) is 97.8. The summed E-state index contributed by atoms with van der Waals surface area (Å²) in [4.78, 5) is 0. The zero-order valence-corrected chi connectivity index (χ0v) is 55.5. The third-order valence-corrected chi connectivity index (χ3v) is 14.1. The maximum atomic E-state index is 13.3. The Hall–Kier alpha value is -9.25. The van der Waals surface area contributed by atoms with Crippen molar-refractivity contribution in [2.24, 2.45) is 0 Å². The second-order valence-corrected chi connectivity index (χ2v) is 22.4. The smallest absolute Gasteiger partial charge is 0.207 e. The average Bonchev–Trinajstić information content (AvgIpc) is 0.705. The van der Waals surface area contributed by atoms with Crippen LogP contribution in [0.25, 0.3) is 11.1 Å². The highest BCUT2D eigenvalue weighted by molar-refractivity contribution is 5.63. The van der Waals surface area contributed by atoms with Gasteiger partial charge < -0.3 is 0 Å². The minimum absolute atomic E-state index is 0.0721. The van der Waals surface area contributed by atoms with Gasteiger partial charge in [-0.3, -0.25) is 0 Å². The lowest BCUT2D eigenvalue weighted by molar-refractivity contribution is -0.189. The summed E-state index contributed by atoms with van der Waals surface area (Å²) in [5.41, 5.74) is -31.9. The molecule has 8 aromatic carbocycles. The van der Waals surface area contributed by atoms with Crippen LogP contribution in [0.2, 0.25) is 0 Å². The molecule has 0 saturated carbocycles. The lowest BCUT2D eigenvalue weighted by atomic mass is 9.85. The van der Waals surface area contributed by atoms with Crippen molar-refractivity contribution < 1.29 is 189 Å². The molecule has 0 saturated heterocycles. The normalized spacial score (nSPS) is 12.8. The van der Waals surface area contributed by atoms with Gasteiger partial charge in [-0.1, -0.05) is 66.2 Å². The number of hydrogen-bond acceptors (Lipinski definition) is 0. The van der Waals surface area contributed by atoms with E-state index in [4.69, 9.17) is 0 Å². The molecule has 0 atom stereocenters. The predicted molar refractivity (Wildman–Crippen MR) is 309 cm³/mol. The van der Waals surface area contributed by atoms with Crippen molar-refractivity contribution in [2.45, 2.75) is 129 Å². The number of rotatable bonds is 1. The second kappa shape index (κ2) is 35.2. The van der Waals surface area contributed by atoms with E-state index >= 15 is 0 Å². The first-order chi connectivity index (χ1) is 49.4. The lowest BCUT2D eigenvalue weighted by Gasteiger charge is -2.29. The van der Waals surface area contributed by atoms with E-state index in [0.29, 0.717) is 48.9 Å². The van der Waals surface area contributed by atoms with Crippen molar-refractivity contribution in [1.29, 1.82) is 0 Å². The molecule has 0 amide bonds.